The van der Waals surface area contributed by atoms with Crippen molar-refractivity contribution in [2.75, 3.05) is 6.54 Å². The Bertz CT molecular complexity index is 497. The zero-order valence-electron chi connectivity index (χ0n) is 10.8. The molecule has 0 fully saturated rings. The van der Waals surface area contributed by atoms with Gasteiger partial charge in [0.25, 0.3) is 0 Å². The standard InChI is InChI=1S/C15H18N2O/c1-3-16-10-13-9-12(2)15(17-11-13)18-14-7-5-4-6-8-14/h4-9,11,16H,3,10H2,1-2H3. The summed E-state index contributed by atoms with van der Waals surface area (Å²) in [7, 11) is 0. The molecule has 0 atom stereocenters. The van der Waals surface area contributed by atoms with Gasteiger partial charge in [-0.25, -0.2) is 4.98 Å². The van der Waals surface area contributed by atoms with Crippen molar-refractivity contribution in [1.82, 2.24) is 10.3 Å². The fraction of sp³-hybridized carbons (Fsp3) is 0.267. The number of hydrogen-bond donors (Lipinski definition) is 1. The van der Waals surface area contributed by atoms with Gasteiger partial charge in [-0.05, 0) is 37.2 Å². The van der Waals surface area contributed by atoms with Gasteiger partial charge in [-0.1, -0.05) is 25.1 Å². The molecule has 3 nitrogen and oxygen atoms in total. The van der Waals surface area contributed by atoms with E-state index in [-0.39, 0.29) is 0 Å². The van der Waals surface area contributed by atoms with Crippen molar-refractivity contribution in [3.63, 3.8) is 0 Å². The summed E-state index contributed by atoms with van der Waals surface area (Å²) in [4.78, 5) is 4.36. The Balaban J connectivity index is 2.10. The van der Waals surface area contributed by atoms with E-state index in [1.165, 1.54) is 5.56 Å². The van der Waals surface area contributed by atoms with Crippen molar-refractivity contribution in [2.45, 2.75) is 20.4 Å². The maximum Gasteiger partial charge on any atom is 0.222 e. The molecule has 0 aliphatic carbocycles. The lowest BCUT2D eigenvalue weighted by Gasteiger charge is -2.09. The molecule has 0 bridgehead atoms. The SMILES string of the molecule is CCNCc1cnc(Oc2ccccc2)c(C)c1. The Morgan fingerprint density at radius 1 is 1.22 bits per heavy atom. The van der Waals surface area contributed by atoms with E-state index < -0.39 is 0 Å². The highest BCUT2D eigenvalue weighted by molar-refractivity contribution is 5.33. The van der Waals surface area contributed by atoms with Crippen LogP contribution in [0, 0.1) is 6.92 Å². The van der Waals surface area contributed by atoms with E-state index in [0.29, 0.717) is 5.88 Å². The van der Waals surface area contributed by atoms with Crippen molar-refractivity contribution >= 4 is 0 Å². The van der Waals surface area contributed by atoms with Gasteiger partial charge in [0.2, 0.25) is 5.88 Å². The van der Waals surface area contributed by atoms with E-state index >= 15 is 0 Å². The zero-order valence-corrected chi connectivity index (χ0v) is 10.8. The molecule has 0 spiro atoms. The Hall–Kier alpha value is -1.87. The third kappa shape index (κ3) is 3.31. The lowest BCUT2D eigenvalue weighted by molar-refractivity contribution is 0.458. The van der Waals surface area contributed by atoms with E-state index in [1.54, 1.807) is 0 Å². The lowest BCUT2D eigenvalue weighted by Crippen LogP contribution is -2.12. The van der Waals surface area contributed by atoms with Gasteiger partial charge in [-0.3, -0.25) is 0 Å². The number of hydrogen-bond acceptors (Lipinski definition) is 3. The fourth-order valence-electron chi connectivity index (χ4n) is 1.69. The van der Waals surface area contributed by atoms with Crippen molar-refractivity contribution in [1.29, 1.82) is 0 Å². The van der Waals surface area contributed by atoms with Crippen LogP contribution in [0.25, 0.3) is 0 Å². The molecule has 0 aliphatic heterocycles. The number of benzene rings is 1. The Morgan fingerprint density at radius 2 is 2.00 bits per heavy atom. The molecule has 1 heterocycles. The summed E-state index contributed by atoms with van der Waals surface area (Å²) in [6.45, 7) is 5.91. The van der Waals surface area contributed by atoms with Gasteiger partial charge in [0.1, 0.15) is 5.75 Å². The summed E-state index contributed by atoms with van der Waals surface area (Å²) in [6, 6.07) is 11.8. The number of rotatable bonds is 5. The summed E-state index contributed by atoms with van der Waals surface area (Å²) in [6.07, 6.45) is 1.86. The minimum atomic E-state index is 0.668. The molecule has 94 valence electrons. The summed E-state index contributed by atoms with van der Waals surface area (Å²) >= 11 is 0. The molecule has 18 heavy (non-hydrogen) atoms. The van der Waals surface area contributed by atoms with Crippen LogP contribution in [0.5, 0.6) is 11.6 Å². The molecule has 1 aromatic heterocycles. The molecular weight excluding hydrogens is 224 g/mol. The number of para-hydroxylation sites is 1. The number of nitrogens with one attached hydrogen (secondary N) is 1. The average Bonchev–Trinajstić information content (AvgIpc) is 2.40. The molecule has 0 unspecified atom stereocenters. The van der Waals surface area contributed by atoms with Crippen LogP contribution in [0.1, 0.15) is 18.1 Å². The topological polar surface area (TPSA) is 34.2 Å². The highest BCUT2D eigenvalue weighted by atomic mass is 16.5. The molecular formula is C15H18N2O. The van der Waals surface area contributed by atoms with Crippen molar-refractivity contribution in [3.8, 4) is 11.6 Å². The minimum Gasteiger partial charge on any atom is -0.439 e. The normalized spacial score (nSPS) is 10.3. The predicted octanol–water partition coefficient (Wildman–Crippen LogP) is 3.29. The number of aromatic nitrogens is 1. The maximum atomic E-state index is 5.74. The molecule has 0 radical (unpaired) electrons. The van der Waals surface area contributed by atoms with Crippen LogP contribution >= 0.6 is 0 Å². The fourth-order valence-corrected chi connectivity index (χ4v) is 1.69. The smallest absolute Gasteiger partial charge is 0.222 e. The van der Waals surface area contributed by atoms with E-state index in [1.807, 2.05) is 43.5 Å². The predicted molar refractivity (Wildman–Crippen MR) is 72.9 cm³/mol. The molecule has 3 heteroatoms. The van der Waals surface area contributed by atoms with E-state index in [4.69, 9.17) is 4.74 Å². The molecule has 0 saturated heterocycles. The number of pyridine rings is 1. The first-order valence-electron chi connectivity index (χ1n) is 6.18. The van der Waals surface area contributed by atoms with E-state index in [9.17, 15) is 0 Å². The van der Waals surface area contributed by atoms with Gasteiger partial charge in [0.05, 0.1) is 0 Å². The van der Waals surface area contributed by atoms with Crippen molar-refractivity contribution in [2.24, 2.45) is 0 Å². The van der Waals surface area contributed by atoms with Crippen LogP contribution in [0.2, 0.25) is 0 Å². The first-order valence-corrected chi connectivity index (χ1v) is 6.18. The molecule has 0 saturated carbocycles. The Labute approximate surface area is 108 Å². The molecule has 2 aromatic rings. The lowest BCUT2D eigenvalue weighted by atomic mass is 10.2. The van der Waals surface area contributed by atoms with Crippen LogP contribution in [0.15, 0.2) is 42.6 Å². The zero-order chi connectivity index (χ0) is 12.8. The van der Waals surface area contributed by atoms with Crippen LogP contribution < -0.4 is 10.1 Å². The second-order valence-electron chi connectivity index (χ2n) is 4.16. The number of aryl methyl sites for hydroxylation is 1. The van der Waals surface area contributed by atoms with Crippen LogP contribution in [0.3, 0.4) is 0 Å². The van der Waals surface area contributed by atoms with Gasteiger partial charge >= 0.3 is 0 Å². The Kier molecular flexibility index (Phi) is 4.31. The van der Waals surface area contributed by atoms with Crippen LogP contribution in [0.4, 0.5) is 0 Å². The van der Waals surface area contributed by atoms with E-state index in [0.717, 1.165) is 24.4 Å². The average molecular weight is 242 g/mol. The van der Waals surface area contributed by atoms with E-state index in [2.05, 4.69) is 23.3 Å². The van der Waals surface area contributed by atoms with Gasteiger partial charge < -0.3 is 10.1 Å². The summed E-state index contributed by atoms with van der Waals surface area (Å²) < 4.78 is 5.74. The second kappa shape index (κ2) is 6.17. The highest BCUT2D eigenvalue weighted by Crippen LogP contribution is 2.22. The second-order valence-corrected chi connectivity index (χ2v) is 4.16. The third-order valence-electron chi connectivity index (χ3n) is 2.62. The third-order valence-corrected chi connectivity index (χ3v) is 2.62. The number of nitrogens with zero attached hydrogens (tertiary/aromatic N) is 1. The highest BCUT2D eigenvalue weighted by Gasteiger charge is 2.04. The largest absolute Gasteiger partial charge is 0.439 e. The van der Waals surface area contributed by atoms with Crippen molar-refractivity contribution < 1.29 is 4.74 Å². The number of ether oxygens (including phenoxy) is 1. The first kappa shape index (κ1) is 12.6. The summed E-state index contributed by atoms with van der Waals surface area (Å²) in [5, 5.41) is 3.28. The molecule has 1 aromatic carbocycles. The summed E-state index contributed by atoms with van der Waals surface area (Å²) in [5.74, 6) is 1.48. The van der Waals surface area contributed by atoms with Crippen molar-refractivity contribution in [3.05, 3.63) is 53.7 Å². The first-order chi connectivity index (χ1) is 8.79. The Morgan fingerprint density at radius 3 is 2.67 bits per heavy atom. The molecule has 0 amide bonds. The van der Waals surface area contributed by atoms with Gasteiger partial charge in [0, 0.05) is 18.3 Å². The van der Waals surface area contributed by atoms with Crippen LogP contribution in [-0.2, 0) is 6.54 Å². The minimum absolute atomic E-state index is 0.668. The summed E-state index contributed by atoms with van der Waals surface area (Å²) in [5.41, 5.74) is 2.23. The maximum absolute atomic E-state index is 5.74. The molecule has 1 N–H and O–H groups in total. The molecule has 0 aliphatic rings. The monoisotopic (exact) mass is 242 g/mol. The molecule has 2 rings (SSSR count). The van der Waals surface area contributed by atoms with Gasteiger partial charge in [-0.15, -0.1) is 0 Å². The van der Waals surface area contributed by atoms with Gasteiger partial charge in [-0.2, -0.15) is 0 Å². The van der Waals surface area contributed by atoms with Gasteiger partial charge in [0.15, 0.2) is 0 Å². The van der Waals surface area contributed by atoms with Crippen LogP contribution in [-0.4, -0.2) is 11.5 Å². The quantitative estimate of drug-likeness (QED) is 0.873.